The second-order valence-corrected chi connectivity index (χ2v) is 6.52. The van der Waals surface area contributed by atoms with E-state index in [9.17, 15) is 4.79 Å². The van der Waals surface area contributed by atoms with Gasteiger partial charge in [-0.25, -0.2) is 4.98 Å². The van der Waals surface area contributed by atoms with Crippen LogP contribution in [0.1, 0.15) is 29.4 Å². The van der Waals surface area contributed by atoms with E-state index < -0.39 is 0 Å². The average Bonchev–Trinajstić information content (AvgIpc) is 3.16. The molecule has 3 rings (SSSR count). The maximum absolute atomic E-state index is 12.7. The number of carbonyl (C=O) groups excluding carboxylic acids is 1. The molecule has 0 fully saturated rings. The lowest BCUT2D eigenvalue weighted by atomic mass is 10.0. The summed E-state index contributed by atoms with van der Waals surface area (Å²) in [6.07, 6.45) is 4.62. The van der Waals surface area contributed by atoms with Crippen LogP contribution in [0.5, 0.6) is 11.5 Å². The van der Waals surface area contributed by atoms with E-state index in [0.717, 1.165) is 28.5 Å². The van der Waals surface area contributed by atoms with Gasteiger partial charge in [-0.1, -0.05) is 24.3 Å². The zero-order chi connectivity index (χ0) is 19.9. The molecule has 6 heteroatoms. The number of hydrogen-bond acceptors (Lipinski definition) is 4. The third-order valence-corrected chi connectivity index (χ3v) is 4.65. The van der Waals surface area contributed by atoms with Crippen molar-refractivity contribution < 1.29 is 14.3 Å². The molecule has 0 saturated carbocycles. The Kier molecular flexibility index (Phi) is 6.32. The van der Waals surface area contributed by atoms with Crippen molar-refractivity contribution >= 4 is 5.91 Å². The largest absolute Gasteiger partial charge is 0.497 e. The highest BCUT2D eigenvalue weighted by molar-refractivity contribution is 5.77. The minimum absolute atomic E-state index is 0.0355. The lowest BCUT2D eigenvalue weighted by molar-refractivity contribution is -0.121. The standard InChI is InChI=1S/C22H25N3O3/c1-25-14-13-23-22(25)21(17-8-10-18(27-2)11-9-17)24-20(26)12-7-16-5-4-6-19(15-16)28-3/h4-6,8-11,13-15,21H,7,12H2,1-3H3,(H,24,26). The molecule has 28 heavy (non-hydrogen) atoms. The lowest BCUT2D eigenvalue weighted by Crippen LogP contribution is -2.31. The van der Waals surface area contributed by atoms with Crippen molar-refractivity contribution in [3.8, 4) is 11.5 Å². The van der Waals surface area contributed by atoms with Gasteiger partial charge in [0.05, 0.1) is 14.2 Å². The van der Waals surface area contributed by atoms with Crippen LogP contribution in [0.3, 0.4) is 0 Å². The summed E-state index contributed by atoms with van der Waals surface area (Å²) in [6, 6.07) is 15.1. The number of amides is 1. The number of nitrogens with zero attached hydrogens (tertiary/aromatic N) is 2. The molecule has 1 heterocycles. The first-order valence-corrected chi connectivity index (χ1v) is 9.14. The van der Waals surface area contributed by atoms with E-state index in [1.165, 1.54) is 0 Å². The van der Waals surface area contributed by atoms with E-state index in [1.807, 2.05) is 66.3 Å². The van der Waals surface area contributed by atoms with Crippen LogP contribution in [-0.2, 0) is 18.3 Å². The number of hydrogen-bond donors (Lipinski definition) is 1. The van der Waals surface area contributed by atoms with E-state index >= 15 is 0 Å². The van der Waals surface area contributed by atoms with Gasteiger partial charge in [0, 0.05) is 25.9 Å². The van der Waals surface area contributed by atoms with Crippen molar-refractivity contribution in [2.75, 3.05) is 14.2 Å². The predicted octanol–water partition coefficient (Wildman–Crippen LogP) is 3.28. The van der Waals surface area contributed by atoms with Crippen LogP contribution in [0, 0.1) is 0 Å². The Labute approximate surface area is 165 Å². The molecule has 6 nitrogen and oxygen atoms in total. The summed E-state index contributed by atoms with van der Waals surface area (Å²) in [4.78, 5) is 17.1. The van der Waals surface area contributed by atoms with Crippen molar-refractivity contribution in [1.29, 1.82) is 0 Å². The van der Waals surface area contributed by atoms with Crippen LogP contribution >= 0.6 is 0 Å². The molecule has 1 amide bonds. The fourth-order valence-electron chi connectivity index (χ4n) is 3.07. The molecular formula is C22H25N3O3. The Morgan fingerprint density at radius 1 is 1.11 bits per heavy atom. The van der Waals surface area contributed by atoms with Crippen molar-refractivity contribution in [2.45, 2.75) is 18.9 Å². The Morgan fingerprint density at radius 3 is 2.50 bits per heavy atom. The van der Waals surface area contributed by atoms with E-state index in [2.05, 4.69) is 10.3 Å². The van der Waals surface area contributed by atoms with E-state index in [1.54, 1.807) is 20.4 Å². The highest BCUT2D eigenvalue weighted by atomic mass is 16.5. The first-order chi connectivity index (χ1) is 13.6. The first-order valence-electron chi connectivity index (χ1n) is 9.14. The molecule has 146 valence electrons. The number of carbonyl (C=O) groups is 1. The molecule has 0 spiro atoms. The molecule has 0 aliphatic carbocycles. The molecule has 1 aromatic heterocycles. The van der Waals surface area contributed by atoms with Gasteiger partial charge in [0.15, 0.2) is 0 Å². The third-order valence-electron chi connectivity index (χ3n) is 4.65. The maximum atomic E-state index is 12.7. The van der Waals surface area contributed by atoms with Gasteiger partial charge in [-0.05, 0) is 41.8 Å². The van der Waals surface area contributed by atoms with Crippen LogP contribution in [0.25, 0.3) is 0 Å². The third kappa shape index (κ3) is 4.71. The van der Waals surface area contributed by atoms with Crippen molar-refractivity contribution in [2.24, 2.45) is 7.05 Å². The zero-order valence-corrected chi connectivity index (χ0v) is 16.4. The van der Waals surface area contributed by atoms with Gasteiger partial charge in [-0.15, -0.1) is 0 Å². The Bertz CT molecular complexity index is 919. The summed E-state index contributed by atoms with van der Waals surface area (Å²) in [6.45, 7) is 0. The fraction of sp³-hybridized carbons (Fsp3) is 0.273. The molecule has 1 N–H and O–H groups in total. The van der Waals surface area contributed by atoms with Crippen LogP contribution < -0.4 is 14.8 Å². The zero-order valence-electron chi connectivity index (χ0n) is 16.4. The van der Waals surface area contributed by atoms with Crippen molar-refractivity contribution in [1.82, 2.24) is 14.9 Å². The van der Waals surface area contributed by atoms with Gasteiger partial charge < -0.3 is 19.4 Å². The number of ether oxygens (including phenoxy) is 2. The summed E-state index contributed by atoms with van der Waals surface area (Å²) in [5.74, 6) is 2.31. The number of nitrogens with one attached hydrogen (secondary N) is 1. The fourth-order valence-corrected chi connectivity index (χ4v) is 3.07. The molecule has 0 aliphatic rings. The minimum atomic E-state index is -0.330. The summed E-state index contributed by atoms with van der Waals surface area (Å²) in [5.41, 5.74) is 2.01. The average molecular weight is 379 g/mol. The monoisotopic (exact) mass is 379 g/mol. The minimum Gasteiger partial charge on any atom is -0.497 e. The lowest BCUT2D eigenvalue weighted by Gasteiger charge is -2.19. The molecule has 1 atom stereocenters. The summed E-state index contributed by atoms with van der Waals surface area (Å²) in [7, 11) is 5.19. The molecule has 0 saturated heterocycles. The number of rotatable bonds is 8. The molecular weight excluding hydrogens is 354 g/mol. The maximum Gasteiger partial charge on any atom is 0.221 e. The predicted molar refractivity (Wildman–Crippen MR) is 108 cm³/mol. The Hall–Kier alpha value is -3.28. The second-order valence-electron chi connectivity index (χ2n) is 6.52. The molecule has 1 unspecified atom stereocenters. The number of methoxy groups -OCH3 is 2. The molecule has 0 aliphatic heterocycles. The van der Waals surface area contributed by atoms with Crippen LogP contribution in [0.4, 0.5) is 0 Å². The van der Waals surface area contributed by atoms with E-state index in [4.69, 9.17) is 9.47 Å². The topological polar surface area (TPSA) is 65.4 Å². The van der Waals surface area contributed by atoms with Crippen LogP contribution in [0.15, 0.2) is 60.9 Å². The normalized spacial score (nSPS) is 11.7. The first kappa shape index (κ1) is 19.5. The van der Waals surface area contributed by atoms with Crippen LogP contribution in [0.2, 0.25) is 0 Å². The second kappa shape index (κ2) is 9.08. The van der Waals surface area contributed by atoms with Gasteiger partial charge in [0.2, 0.25) is 5.91 Å². The van der Waals surface area contributed by atoms with E-state index in [0.29, 0.717) is 12.8 Å². The summed E-state index contributed by atoms with van der Waals surface area (Å²) in [5, 5.41) is 3.12. The van der Waals surface area contributed by atoms with Gasteiger partial charge in [-0.2, -0.15) is 0 Å². The highest BCUT2D eigenvalue weighted by Crippen LogP contribution is 2.23. The summed E-state index contributed by atoms with van der Waals surface area (Å²) >= 11 is 0. The van der Waals surface area contributed by atoms with E-state index in [-0.39, 0.29) is 11.9 Å². The number of benzene rings is 2. The Morgan fingerprint density at radius 2 is 1.86 bits per heavy atom. The van der Waals surface area contributed by atoms with Crippen molar-refractivity contribution in [3.05, 3.63) is 77.9 Å². The molecule has 2 aromatic carbocycles. The quantitative estimate of drug-likeness (QED) is 0.652. The summed E-state index contributed by atoms with van der Waals surface area (Å²) < 4.78 is 12.4. The molecule has 0 radical (unpaired) electrons. The Balaban J connectivity index is 1.73. The number of imidazole rings is 1. The van der Waals surface area contributed by atoms with Gasteiger partial charge in [-0.3, -0.25) is 4.79 Å². The van der Waals surface area contributed by atoms with Gasteiger partial charge in [0.1, 0.15) is 23.4 Å². The van der Waals surface area contributed by atoms with Crippen molar-refractivity contribution in [3.63, 3.8) is 0 Å². The SMILES string of the molecule is COc1ccc(C(NC(=O)CCc2cccc(OC)c2)c2nccn2C)cc1. The smallest absolute Gasteiger partial charge is 0.221 e. The van der Waals surface area contributed by atoms with Gasteiger partial charge >= 0.3 is 0 Å². The molecule has 3 aromatic rings. The highest BCUT2D eigenvalue weighted by Gasteiger charge is 2.20. The van der Waals surface area contributed by atoms with Gasteiger partial charge in [0.25, 0.3) is 0 Å². The number of aryl methyl sites for hydroxylation is 2. The number of aromatic nitrogens is 2. The molecule has 0 bridgehead atoms. The van der Waals surface area contributed by atoms with Crippen LogP contribution in [-0.4, -0.2) is 29.7 Å².